The average molecular weight is 150 g/mol. The fourth-order valence-corrected chi connectivity index (χ4v) is 0.971. The lowest BCUT2D eigenvalue weighted by Crippen LogP contribution is -1.83. The van der Waals surface area contributed by atoms with Gasteiger partial charge in [0.05, 0.1) is 0 Å². The third-order valence-electron chi connectivity index (χ3n) is 1.57. The van der Waals surface area contributed by atoms with Crippen LogP contribution in [0.15, 0.2) is 36.0 Å². The van der Waals surface area contributed by atoms with E-state index >= 15 is 0 Å². The lowest BCUT2D eigenvalue weighted by molar-refractivity contribution is 0.915. The lowest BCUT2D eigenvalue weighted by Gasteiger charge is -2.03. The highest BCUT2D eigenvalue weighted by Crippen LogP contribution is 2.14. The summed E-state index contributed by atoms with van der Waals surface area (Å²) in [6, 6.07) is 0. The highest BCUT2D eigenvalue weighted by molar-refractivity contribution is 5.31. The molecule has 0 heterocycles. The monoisotopic (exact) mass is 150 g/mol. The van der Waals surface area contributed by atoms with Gasteiger partial charge in [0.25, 0.3) is 0 Å². The molecule has 0 saturated heterocycles. The predicted molar refractivity (Wildman–Crippen MR) is 52.6 cm³/mol. The van der Waals surface area contributed by atoms with Gasteiger partial charge in [0.15, 0.2) is 0 Å². The van der Waals surface area contributed by atoms with Crippen molar-refractivity contribution in [3.8, 4) is 0 Å². The second kappa shape index (κ2) is 4.95. The van der Waals surface area contributed by atoms with Gasteiger partial charge in [0, 0.05) is 0 Å². The van der Waals surface area contributed by atoms with Gasteiger partial charge < -0.3 is 0 Å². The molecule has 0 heteroatoms. The van der Waals surface area contributed by atoms with Crippen molar-refractivity contribution in [1.82, 2.24) is 0 Å². The van der Waals surface area contributed by atoms with Crippen molar-refractivity contribution < 1.29 is 0 Å². The fraction of sp³-hybridized carbons (Fsp3) is 0.455. The van der Waals surface area contributed by atoms with Crippen LogP contribution in [0, 0.1) is 0 Å². The van der Waals surface area contributed by atoms with Crippen LogP contribution in [0.1, 0.15) is 33.6 Å². The Morgan fingerprint density at radius 2 is 1.82 bits per heavy atom. The Bertz CT molecular complexity index is 182. The van der Waals surface area contributed by atoms with E-state index in [9.17, 15) is 0 Å². The van der Waals surface area contributed by atoms with Crippen molar-refractivity contribution in [3.05, 3.63) is 36.0 Å². The minimum atomic E-state index is 1.09. The van der Waals surface area contributed by atoms with Crippen molar-refractivity contribution in [2.75, 3.05) is 0 Å². The third kappa shape index (κ3) is 4.60. The summed E-state index contributed by atoms with van der Waals surface area (Å²) in [7, 11) is 0. The van der Waals surface area contributed by atoms with Gasteiger partial charge in [-0.3, -0.25) is 0 Å². The van der Waals surface area contributed by atoms with Crippen molar-refractivity contribution in [3.63, 3.8) is 0 Å². The molecule has 0 amide bonds. The normalized spacial score (nSPS) is 11.4. The van der Waals surface area contributed by atoms with Crippen LogP contribution in [0.3, 0.4) is 0 Å². The Labute approximate surface area is 70.3 Å². The molecular weight excluding hydrogens is 132 g/mol. The van der Waals surface area contributed by atoms with Crippen LogP contribution < -0.4 is 0 Å². The molecule has 0 radical (unpaired) electrons. The predicted octanol–water partition coefficient (Wildman–Crippen LogP) is 3.87. The van der Waals surface area contributed by atoms with Crippen molar-refractivity contribution in [1.29, 1.82) is 0 Å². The number of rotatable bonds is 4. The lowest BCUT2D eigenvalue weighted by atomic mass is 10.0. The van der Waals surface area contributed by atoms with Crippen LogP contribution in [0.4, 0.5) is 0 Å². The van der Waals surface area contributed by atoms with Gasteiger partial charge in [0.1, 0.15) is 0 Å². The summed E-state index contributed by atoms with van der Waals surface area (Å²) in [4.78, 5) is 0. The van der Waals surface area contributed by atoms with Gasteiger partial charge in [-0.15, -0.1) is 0 Å². The maximum absolute atomic E-state index is 3.99. The average Bonchev–Trinajstić information content (AvgIpc) is 1.86. The van der Waals surface area contributed by atoms with Gasteiger partial charge in [-0.2, -0.15) is 0 Å². The summed E-state index contributed by atoms with van der Waals surface area (Å²) >= 11 is 0. The smallest absolute Gasteiger partial charge is 0.0285 e. The maximum Gasteiger partial charge on any atom is -0.0285 e. The van der Waals surface area contributed by atoms with Crippen LogP contribution in [0.25, 0.3) is 0 Å². The van der Waals surface area contributed by atoms with E-state index in [4.69, 9.17) is 0 Å². The van der Waals surface area contributed by atoms with Crippen molar-refractivity contribution in [2.24, 2.45) is 0 Å². The van der Waals surface area contributed by atoms with E-state index in [1.165, 1.54) is 17.6 Å². The Morgan fingerprint density at radius 3 is 2.18 bits per heavy atom. The molecule has 0 aliphatic heterocycles. The SMILES string of the molecule is C=C(C)/C=C(/C)C(=C)CCC. The van der Waals surface area contributed by atoms with Gasteiger partial charge in [0.2, 0.25) is 0 Å². The molecule has 11 heavy (non-hydrogen) atoms. The molecular formula is C11H18. The summed E-state index contributed by atoms with van der Waals surface area (Å²) in [6.07, 6.45) is 4.34. The Kier molecular flexibility index (Phi) is 4.60. The van der Waals surface area contributed by atoms with Gasteiger partial charge in [-0.05, 0) is 25.8 Å². The zero-order valence-corrected chi connectivity index (χ0v) is 7.91. The number of hydrogen-bond acceptors (Lipinski definition) is 0. The van der Waals surface area contributed by atoms with Crippen LogP contribution >= 0.6 is 0 Å². The van der Waals surface area contributed by atoms with E-state index in [0.717, 1.165) is 12.0 Å². The first-order chi connectivity index (χ1) is 5.07. The quantitative estimate of drug-likeness (QED) is 0.534. The molecule has 0 aromatic carbocycles. The second-order valence-corrected chi connectivity index (χ2v) is 3.03. The molecule has 0 bridgehead atoms. The van der Waals surface area contributed by atoms with E-state index in [0.29, 0.717) is 0 Å². The van der Waals surface area contributed by atoms with Gasteiger partial charge in [-0.25, -0.2) is 0 Å². The van der Waals surface area contributed by atoms with E-state index in [1.54, 1.807) is 0 Å². The molecule has 0 spiro atoms. The van der Waals surface area contributed by atoms with E-state index in [2.05, 4.69) is 33.1 Å². The molecule has 0 nitrogen and oxygen atoms in total. The number of hydrogen-bond donors (Lipinski definition) is 0. The first-order valence-corrected chi connectivity index (χ1v) is 4.10. The van der Waals surface area contributed by atoms with Crippen LogP contribution in [0.5, 0.6) is 0 Å². The van der Waals surface area contributed by atoms with Crippen LogP contribution in [-0.2, 0) is 0 Å². The molecule has 0 N–H and O–H groups in total. The summed E-state index contributed by atoms with van der Waals surface area (Å²) in [5.74, 6) is 0. The Morgan fingerprint density at radius 1 is 1.27 bits per heavy atom. The standard InChI is InChI=1S/C11H18/c1-6-7-10(4)11(5)8-9(2)3/h8H,2,4,6-7H2,1,3,5H3/b11-8-. The first kappa shape index (κ1) is 10.2. The summed E-state index contributed by atoms with van der Waals surface area (Å²) < 4.78 is 0. The van der Waals surface area contributed by atoms with Crippen molar-refractivity contribution >= 4 is 0 Å². The topological polar surface area (TPSA) is 0 Å². The molecule has 62 valence electrons. The molecule has 0 aliphatic carbocycles. The summed E-state index contributed by atoms with van der Waals surface area (Å²) in [5.41, 5.74) is 3.59. The molecule has 0 atom stereocenters. The molecule has 0 aliphatic rings. The van der Waals surface area contributed by atoms with E-state index < -0.39 is 0 Å². The Balaban J connectivity index is 4.12. The maximum atomic E-state index is 3.99. The highest BCUT2D eigenvalue weighted by atomic mass is 14.0. The van der Waals surface area contributed by atoms with Crippen LogP contribution in [-0.4, -0.2) is 0 Å². The third-order valence-corrected chi connectivity index (χ3v) is 1.57. The second-order valence-electron chi connectivity index (χ2n) is 3.03. The largest absolute Gasteiger partial charge is 0.0961 e. The zero-order chi connectivity index (χ0) is 8.85. The van der Waals surface area contributed by atoms with Crippen molar-refractivity contribution in [2.45, 2.75) is 33.6 Å². The highest BCUT2D eigenvalue weighted by Gasteiger charge is 1.94. The minimum Gasteiger partial charge on any atom is -0.0961 e. The zero-order valence-electron chi connectivity index (χ0n) is 7.91. The molecule has 0 unspecified atom stereocenters. The first-order valence-electron chi connectivity index (χ1n) is 4.10. The van der Waals surface area contributed by atoms with Gasteiger partial charge in [-0.1, -0.05) is 43.7 Å². The fourth-order valence-electron chi connectivity index (χ4n) is 0.971. The van der Waals surface area contributed by atoms with E-state index in [-0.39, 0.29) is 0 Å². The molecule has 0 aromatic heterocycles. The van der Waals surface area contributed by atoms with Gasteiger partial charge >= 0.3 is 0 Å². The minimum absolute atomic E-state index is 1.09. The molecule has 0 rings (SSSR count). The van der Waals surface area contributed by atoms with Crippen LogP contribution in [0.2, 0.25) is 0 Å². The number of allylic oxidation sites excluding steroid dienone is 4. The molecule has 0 aromatic rings. The van der Waals surface area contributed by atoms with E-state index in [1.807, 2.05) is 6.92 Å². The summed E-state index contributed by atoms with van der Waals surface area (Å²) in [5, 5.41) is 0. The Hall–Kier alpha value is -0.780. The molecule has 0 saturated carbocycles. The molecule has 0 fully saturated rings. The summed E-state index contributed by atoms with van der Waals surface area (Å²) in [6.45, 7) is 14.1.